The minimum Gasteiger partial charge on any atom is -0.748 e. The zero-order valence-corrected chi connectivity index (χ0v) is 17.8. The predicted molar refractivity (Wildman–Crippen MR) is 117 cm³/mol. The number of benzene rings is 2. The largest absolute Gasteiger partial charge is 0.748 e. The van der Waals surface area contributed by atoms with E-state index in [1.54, 1.807) is 0 Å². The summed E-state index contributed by atoms with van der Waals surface area (Å²) in [6.07, 6.45) is 0. The molecule has 0 saturated heterocycles. The van der Waals surface area contributed by atoms with Gasteiger partial charge in [0.05, 0.1) is 0 Å². The molecule has 0 aliphatic carbocycles. The summed E-state index contributed by atoms with van der Waals surface area (Å²) in [6.45, 7) is 0. The van der Waals surface area contributed by atoms with Crippen LogP contribution in [0.25, 0.3) is 0 Å². The van der Waals surface area contributed by atoms with Crippen LogP contribution in [0.5, 0.6) is 0 Å². The Kier molecular flexibility index (Phi) is 8.12. The molecule has 0 nitrogen and oxygen atoms in total. The molecule has 0 unspecified atom stereocenters. The average Bonchev–Trinajstić information content (AvgIpc) is 3.38. The van der Waals surface area contributed by atoms with Gasteiger partial charge in [-0.1, -0.05) is 36.4 Å². The van der Waals surface area contributed by atoms with Gasteiger partial charge in [0.15, 0.2) is 22.0 Å². The summed E-state index contributed by atoms with van der Waals surface area (Å²) in [5, 5.41) is 4.28. The van der Waals surface area contributed by atoms with E-state index in [1.165, 1.54) is 15.9 Å². The Balaban J connectivity index is 0.000000325. The van der Waals surface area contributed by atoms with Gasteiger partial charge in [0.2, 0.25) is 0 Å². The fraction of sp³-hybridized carbons (Fsp3) is 0. The standard InChI is InChI=1S/C17H14IP.C5H5.Fe/c18-19(17-13-7-8-14-17,15-9-3-1-4-10-15)16-11-5-2-6-12-16;1-2-4-5-3-1;/h1-14H;1-5H;/q;-5;. The van der Waals surface area contributed by atoms with Crippen LogP contribution < -0.4 is 15.9 Å². The van der Waals surface area contributed by atoms with Gasteiger partial charge < -0.3 is 30.3 Å². The van der Waals surface area contributed by atoms with Crippen molar-refractivity contribution in [1.82, 2.24) is 0 Å². The van der Waals surface area contributed by atoms with E-state index in [9.17, 15) is 0 Å². The summed E-state index contributed by atoms with van der Waals surface area (Å²) >= 11 is 2.68. The Morgan fingerprint density at radius 3 is 1.32 bits per heavy atom. The van der Waals surface area contributed by atoms with E-state index in [0.717, 1.165) is 0 Å². The smallest absolute Gasteiger partial charge is 0.159 e. The maximum Gasteiger partial charge on any atom is 0.159 e. The van der Waals surface area contributed by atoms with Gasteiger partial charge in [0, 0.05) is 22.4 Å². The monoisotopic (exact) mass is 497 g/mol. The first-order valence-electron chi connectivity index (χ1n) is 7.91. The van der Waals surface area contributed by atoms with Crippen LogP contribution in [0.4, 0.5) is 0 Å². The minimum absolute atomic E-state index is 0. The maximum atomic E-state index is 2.68. The summed E-state index contributed by atoms with van der Waals surface area (Å²) in [4.78, 5) is -1.51. The number of hydrogen-bond donors (Lipinski definition) is 0. The normalized spacial score (nSPS) is 10.3. The Morgan fingerprint density at radius 1 is 0.600 bits per heavy atom. The molecule has 0 radical (unpaired) electrons. The molecule has 0 heterocycles. The number of halogens is 1. The molecule has 0 bridgehead atoms. The zero-order valence-electron chi connectivity index (χ0n) is 13.6. The molecule has 25 heavy (non-hydrogen) atoms. The van der Waals surface area contributed by atoms with Crippen molar-refractivity contribution in [3.8, 4) is 0 Å². The van der Waals surface area contributed by atoms with Gasteiger partial charge in [0.1, 0.15) is 15.5 Å². The maximum absolute atomic E-state index is 2.68. The van der Waals surface area contributed by atoms with Crippen molar-refractivity contribution >= 4 is 42.9 Å². The van der Waals surface area contributed by atoms with Crippen LogP contribution in [0.1, 0.15) is 0 Å². The van der Waals surface area contributed by atoms with Gasteiger partial charge in [-0.05, 0) is 24.3 Å². The first-order chi connectivity index (χ1) is 11.8. The molecule has 0 aromatic heterocycles. The molecule has 0 aliphatic heterocycles. The Hall–Kier alpha value is -1.18. The molecule has 0 atom stereocenters. The quantitative estimate of drug-likeness (QED) is 0.153. The summed E-state index contributed by atoms with van der Waals surface area (Å²) in [5.41, 5.74) is 0. The molecule has 0 aliphatic rings. The van der Waals surface area contributed by atoms with Crippen LogP contribution in [0.2, 0.25) is 0 Å². The average molecular weight is 497 g/mol. The van der Waals surface area contributed by atoms with Gasteiger partial charge in [-0.2, -0.15) is 0 Å². The van der Waals surface area contributed by atoms with E-state index in [0.29, 0.717) is 0 Å². The van der Waals surface area contributed by atoms with Crippen LogP contribution in [-0.4, -0.2) is 0 Å². The fourth-order valence-electron chi connectivity index (χ4n) is 2.60. The Bertz CT molecular complexity index is 752. The molecule has 0 N–H and O–H groups in total. The van der Waals surface area contributed by atoms with Crippen molar-refractivity contribution in [3.63, 3.8) is 0 Å². The van der Waals surface area contributed by atoms with Gasteiger partial charge in [-0.3, -0.25) is 0 Å². The molecule has 0 spiro atoms. The molecule has 3 heteroatoms. The van der Waals surface area contributed by atoms with Gasteiger partial charge >= 0.3 is 0 Å². The van der Waals surface area contributed by atoms with Gasteiger partial charge in [0.25, 0.3) is 0 Å². The Labute approximate surface area is 174 Å². The first kappa shape index (κ1) is 20.1. The van der Waals surface area contributed by atoms with Crippen LogP contribution in [-0.2, 0) is 17.1 Å². The predicted octanol–water partition coefficient (Wildman–Crippen LogP) is 5.45. The third-order valence-corrected chi connectivity index (χ3v) is 11.8. The van der Waals surface area contributed by atoms with Crippen molar-refractivity contribution in [1.29, 1.82) is 0 Å². The van der Waals surface area contributed by atoms with E-state index in [4.69, 9.17) is 0 Å². The molecular formula is C22H19FeIP-5. The molecular weight excluding hydrogens is 478 g/mol. The number of hydrogen-bond acceptors (Lipinski definition) is 0. The molecule has 0 saturated carbocycles. The second-order valence-corrected chi connectivity index (χ2v) is 12.4. The van der Waals surface area contributed by atoms with Crippen LogP contribution in [0.15, 0.2) is 115 Å². The molecule has 4 aromatic rings. The zero-order chi connectivity index (χ0) is 16.7. The minimum atomic E-state index is -1.51. The van der Waals surface area contributed by atoms with E-state index in [2.05, 4.69) is 107 Å². The summed E-state index contributed by atoms with van der Waals surface area (Å²) in [5.74, 6) is 0. The number of rotatable bonds is 3. The van der Waals surface area contributed by atoms with Crippen molar-refractivity contribution < 1.29 is 17.1 Å². The van der Waals surface area contributed by atoms with Gasteiger partial charge in [-0.15, -0.1) is 12.1 Å². The van der Waals surface area contributed by atoms with Crippen LogP contribution in [0.3, 0.4) is 0 Å². The topological polar surface area (TPSA) is 0 Å². The second-order valence-electron chi connectivity index (χ2n) is 5.37. The van der Waals surface area contributed by atoms with Crippen molar-refractivity contribution in [2.24, 2.45) is 0 Å². The fourth-order valence-corrected chi connectivity index (χ4v) is 8.14. The van der Waals surface area contributed by atoms with E-state index < -0.39 is 4.90 Å². The van der Waals surface area contributed by atoms with Crippen LogP contribution in [0, 0.1) is 0 Å². The third kappa shape index (κ3) is 4.92. The molecule has 4 rings (SSSR count). The van der Waals surface area contributed by atoms with Crippen molar-refractivity contribution in [2.75, 3.05) is 0 Å². The van der Waals surface area contributed by atoms with Gasteiger partial charge in [-0.25, -0.2) is 12.1 Å². The summed E-state index contributed by atoms with van der Waals surface area (Å²) < 4.78 is 0. The molecule has 0 amide bonds. The molecule has 4 aromatic carbocycles. The van der Waals surface area contributed by atoms with Crippen molar-refractivity contribution in [3.05, 3.63) is 115 Å². The molecule has 132 valence electrons. The summed E-state index contributed by atoms with van der Waals surface area (Å²) in [6, 6.07) is 40.5. The van der Waals surface area contributed by atoms with E-state index in [1.807, 2.05) is 30.3 Å². The third-order valence-electron chi connectivity index (χ3n) is 3.78. The second kappa shape index (κ2) is 10.1. The summed E-state index contributed by atoms with van der Waals surface area (Å²) in [7, 11) is 0. The van der Waals surface area contributed by atoms with Crippen LogP contribution >= 0.6 is 26.9 Å². The van der Waals surface area contributed by atoms with E-state index in [-0.39, 0.29) is 17.1 Å². The van der Waals surface area contributed by atoms with Crippen molar-refractivity contribution in [2.45, 2.75) is 0 Å². The SMILES string of the molecule is I[P+](c1ccccc1)(c1ccccc1)[c-]1cccc1.[Fe].[cH-]1[cH-][cH-][cH-][cH-]1. The first-order valence-corrected chi connectivity index (χ1v) is 12.5. The Morgan fingerprint density at radius 2 is 0.960 bits per heavy atom. The molecule has 0 fully saturated rings. The van der Waals surface area contributed by atoms with E-state index >= 15 is 0 Å².